The maximum atomic E-state index is 12.7. The van der Waals surface area contributed by atoms with E-state index in [0.29, 0.717) is 23.7 Å². The SMILES string of the molecule is CCc1sc(N)c(C(=O)N(CC)CC)c1-c1cccs1. The summed E-state index contributed by atoms with van der Waals surface area (Å²) in [5.41, 5.74) is 7.88. The van der Waals surface area contributed by atoms with Crippen LogP contribution in [-0.2, 0) is 6.42 Å². The van der Waals surface area contributed by atoms with Gasteiger partial charge in [0, 0.05) is 28.4 Å². The van der Waals surface area contributed by atoms with Crippen molar-refractivity contribution >= 4 is 33.6 Å². The van der Waals surface area contributed by atoms with E-state index in [0.717, 1.165) is 16.9 Å². The third-order valence-electron chi connectivity index (χ3n) is 3.36. The fraction of sp³-hybridized carbons (Fsp3) is 0.400. The molecule has 108 valence electrons. The molecular formula is C15H20N2OS2. The summed E-state index contributed by atoms with van der Waals surface area (Å²) in [5.74, 6) is 0.0480. The van der Waals surface area contributed by atoms with E-state index in [4.69, 9.17) is 5.73 Å². The molecule has 5 heteroatoms. The molecule has 0 aliphatic rings. The van der Waals surface area contributed by atoms with Crippen LogP contribution in [0.15, 0.2) is 17.5 Å². The fourth-order valence-electron chi connectivity index (χ4n) is 2.31. The molecule has 0 saturated carbocycles. The van der Waals surface area contributed by atoms with Crippen LogP contribution in [0.1, 0.15) is 36.0 Å². The lowest BCUT2D eigenvalue weighted by Gasteiger charge is -2.19. The Hall–Kier alpha value is -1.33. The number of nitrogens with zero attached hydrogens (tertiary/aromatic N) is 1. The summed E-state index contributed by atoms with van der Waals surface area (Å²) < 4.78 is 0. The van der Waals surface area contributed by atoms with Crippen LogP contribution in [0, 0.1) is 0 Å². The lowest BCUT2D eigenvalue weighted by molar-refractivity contribution is 0.0775. The van der Waals surface area contributed by atoms with E-state index in [9.17, 15) is 4.79 Å². The second-order valence-corrected chi connectivity index (χ2v) is 6.53. The molecule has 2 N–H and O–H groups in total. The average Bonchev–Trinajstić information content (AvgIpc) is 3.06. The number of anilines is 1. The van der Waals surface area contributed by atoms with Crippen LogP contribution >= 0.6 is 22.7 Å². The smallest absolute Gasteiger partial charge is 0.257 e. The normalized spacial score (nSPS) is 10.8. The van der Waals surface area contributed by atoms with Crippen molar-refractivity contribution in [3.05, 3.63) is 28.0 Å². The van der Waals surface area contributed by atoms with Gasteiger partial charge < -0.3 is 10.6 Å². The Bertz CT molecular complexity index is 583. The van der Waals surface area contributed by atoms with E-state index in [2.05, 4.69) is 13.0 Å². The third kappa shape index (κ3) is 2.60. The minimum Gasteiger partial charge on any atom is -0.390 e. The molecule has 0 spiro atoms. The van der Waals surface area contributed by atoms with E-state index in [-0.39, 0.29) is 5.91 Å². The van der Waals surface area contributed by atoms with Gasteiger partial charge in [-0.3, -0.25) is 4.79 Å². The number of amides is 1. The number of nitrogen functional groups attached to an aromatic ring is 1. The monoisotopic (exact) mass is 308 g/mol. The molecule has 0 aliphatic carbocycles. The van der Waals surface area contributed by atoms with Crippen molar-refractivity contribution in [3.8, 4) is 10.4 Å². The molecule has 0 fully saturated rings. The predicted octanol–water partition coefficient (Wildman–Crippen LogP) is 4.10. The Morgan fingerprint density at radius 2 is 2.00 bits per heavy atom. The highest BCUT2D eigenvalue weighted by Gasteiger charge is 2.25. The van der Waals surface area contributed by atoms with E-state index in [1.54, 1.807) is 22.7 Å². The van der Waals surface area contributed by atoms with Crippen molar-refractivity contribution in [2.75, 3.05) is 18.8 Å². The molecule has 0 bridgehead atoms. The molecule has 0 unspecified atom stereocenters. The number of carbonyl (C=O) groups is 1. The fourth-order valence-corrected chi connectivity index (χ4v) is 4.19. The number of hydrogen-bond acceptors (Lipinski definition) is 4. The van der Waals surface area contributed by atoms with Gasteiger partial charge in [0.25, 0.3) is 5.91 Å². The molecule has 3 nitrogen and oxygen atoms in total. The first-order valence-electron chi connectivity index (χ1n) is 6.88. The number of carbonyl (C=O) groups excluding carboxylic acids is 1. The maximum Gasteiger partial charge on any atom is 0.257 e. The zero-order valence-electron chi connectivity index (χ0n) is 12.1. The topological polar surface area (TPSA) is 46.3 Å². The Labute approximate surface area is 128 Å². The summed E-state index contributed by atoms with van der Waals surface area (Å²) in [6.45, 7) is 7.50. The first-order chi connectivity index (χ1) is 9.63. The predicted molar refractivity (Wildman–Crippen MR) is 88.7 cm³/mol. The first-order valence-corrected chi connectivity index (χ1v) is 8.57. The zero-order valence-corrected chi connectivity index (χ0v) is 13.7. The van der Waals surface area contributed by atoms with Crippen molar-refractivity contribution in [2.24, 2.45) is 0 Å². The van der Waals surface area contributed by atoms with Gasteiger partial charge in [-0.15, -0.1) is 22.7 Å². The molecule has 20 heavy (non-hydrogen) atoms. The molecule has 2 aromatic heterocycles. The van der Waals surface area contributed by atoms with Crippen LogP contribution in [0.2, 0.25) is 0 Å². The van der Waals surface area contributed by atoms with E-state index in [1.165, 1.54) is 4.88 Å². The summed E-state index contributed by atoms with van der Waals surface area (Å²) >= 11 is 3.20. The highest BCUT2D eigenvalue weighted by molar-refractivity contribution is 7.18. The van der Waals surface area contributed by atoms with Gasteiger partial charge in [0.05, 0.1) is 10.6 Å². The van der Waals surface area contributed by atoms with Gasteiger partial charge in [0.15, 0.2) is 0 Å². The van der Waals surface area contributed by atoms with Gasteiger partial charge in [-0.25, -0.2) is 0 Å². The average molecular weight is 308 g/mol. The van der Waals surface area contributed by atoms with E-state index in [1.807, 2.05) is 30.2 Å². The van der Waals surface area contributed by atoms with Crippen molar-refractivity contribution in [1.82, 2.24) is 4.90 Å². The van der Waals surface area contributed by atoms with E-state index < -0.39 is 0 Å². The van der Waals surface area contributed by atoms with Gasteiger partial charge in [0.1, 0.15) is 0 Å². The molecule has 0 atom stereocenters. The second kappa shape index (κ2) is 6.41. The van der Waals surface area contributed by atoms with Crippen LogP contribution in [0.25, 0.3) is 10.4 Å². The molecule has 0 aromatic carbocycles. The van der Waals surface area contributed by atoms with Gasteiger partial charge in [-0.05, 0) is 31.7 Å². The van der Waals surface area contributed by atoms with Gasteiger partial charge >= 0.3 is 0 Å². The van der Waals surface area contributed by atoms with Crippen molar-refractivity contribution in [1.29, 1.82) is 0 Å². The van der Waals surface area contributed by atoms with Crippen LogP contribution in [0.3, 0.4) is 0 Å². The summed E-state index contributed by atoms with van der Waals surface area (Å²) in [4.78, 5) is 16.9. The lowest BCUT2D eigenvalue weighted by Crippen LogP contribution is -2.31. The minimum absolute atomic E-state index is 0.0480. The van der Waals surface area contributed by atoms with Gasteiger partial charge in [-0.2, -0.15) is 0 Å². The zero-order chi connectivity index (χ0) is 14.7. The van der Waals surface area contributed by atoms with Gasteiger partial charge in [0.2, 0.25) is 0 Å². The number of hydrogen-bond donors (Lipinski definition) is 1. The molecular weight excluding hydrogens is 288 g/mol. The molecule has 2 rings (SSSR count). The van der Waals surface area contributed by atoms with Crippen molar-refractivity contribution in [3.63, 3.8) is 0 Å². The molecule has 1 amide bonds. The first kappa shape index (κ1) is 15.1. The number of thiophene rings is 2. The van der Waals surface area contributed by atoms with Crippen molar-refractivity contribution < 1.29 is 4.79 Å². The molecule has 2 aromatic rings. The minimum atomic E-state index is 0.0480. The Morgan fingerprint density at radius 3 is 2.50 bits per heavy atom. The molecule has 0 saturated heterocycles. The molecule has 2 heterocycles. The van der Waals surface area contributed by atoms with Crippen LogP contribution in [0.4, 0.5) is 5.00 Å². The van der Waals surface area contributed by atoms with Crippen LogP contribution in [-0.4, -0.2) is 23.9 Å². The van der Waals surface area contributed by atoms with Crippen LogP contribution < -0.4 is 5.73 Å². The Morgan fingerprint density at radius 1 is 1.30 bits per heavy atom. The van der Waals surface area contributed by atoms with Gasteiger partial charge in [-0.1, -0.05) is 13.0 Å². The second-order valence-electron chi connectivity index (χ2n) is 4.45. The summed E-state index contributed by atoms with van der Waals surface area (Å²) in [6, 6.07) is 4.07. The standard InChI is InChI=1S/C15H20N2OS2/c1-4-10-12(11-8-7-9-19-11)13(14(16)20-10)15(18)17(5-2)6-3/h7-9H,4-6,16H2,1-3H3. The Balaban J connectivity index is 2.58. The summed E-state index contributed by atoms with van der Waals surface area (Å²) in [5, 5.41) is 2.68. The highest BCUT2D eigenvalue weighted by Crippen LogP contribution is 2.41. The summed E-state index contributed by atoms with van der Waals surface area (Å²) in [7, 11) is 0. The summed E-state index contributed by atoms with van der Waals surface area (Å²) in [6.07, 6.45) is 0.896. The number of rotatable bonds is 5. The molecule has 0 radical (unpaired) electrons. The van der Waals surface area contributed by atoms with Crippen molar-refractivity contribution in [2.45, 2.75) is 27.2 Å². The number of aryl methyl sites for hydroxylation is 1. The largest absolute Gasteiger partial charge is 0.390 e. The maximum absolute atomic E-state index is 12.7. The van der Waals surface area contributed by atoms with Crippen LogP contribution in [0.5, 0.6) is 0 Å². The highest BCUT2D eigenvalue weighted by atomic mass is 32.1. The van der Waals surface area contributed by atoms with E-state index >= 15 is 0 Å². The lowest BCUT2D eigenvalue weighted by atomic mass is 10.1. The molecule has 0 aliphatic heterocycles. The Kier molecular flexibility index (Phi) is 4.83. The third-order valence-corrected chi connectivity index (χ3v) is 5.41. The number of nitrogens with two attached hydrogens (primary N) is 1. The quantitative estimate of drug-likeness (QED) is 0.903.